The molecule has 1 atom stereocenters. The molecule has 1 heterocycles. The van der Waals surface area contributed by atoms with Crippen LogP contribution in [-0.4, -0.2) is 21.0 Å². The van der Waals surface area contributed by atoms with Crippen LogP contribution < -0.4 is 0 Å². The number of halogens is 1. The Morgan fingerprint density at radius 3 is 2.85 bits per heavy atom. The lowest BCUT2D eigenvalue weighted by atomic mass is 10.5. The minimum Gasteiger partial charge on any atom is -0.481 e. The molecule has 1 rings (SSSR count). The van der Waals surface area contributed by atoms with Crippen molar-refractivity contribution in [3.63, 3.8) is 0 Å². The van der Waals surface area contributed by atoms with Crippen LogP contribution in [0.15, 0.2) is 15.9 Å². The summed E-state index contributed by atoms with van der Waals surface area (Å²) in [4.78, 5) is 11.2. The van der Waals surface area contributed by atoms with Crippen LogP contribution in [-0.2, 0) is 21.3 Å². The van der Waals surface area contributed by atoms with E-state index in [1.807, 2.05) is 11.4 Å². The number of hydrogen-bond donors (Lipinski definition) is 1. The van der Waals surface area contributed by atoms with Crippen LogP contribution in [0, 0.1) is 0 Å². The highest BCUT2D eigenvalue weighted by atomic mass is 79.9. The molecule has 0 bridgehead atoms. The van der Waals surface area contributed by atoms with Crippen LogP contribution >= 0.6 is 27.3 Å². The van der Waals surface area contributed by atoms with Gasteiger partial charge in [-0.3, -0.25) is 9.00 Å². The van der Waals surface area contributed by atoms with Gasteiger partial charge in [0.05, 0.1) is 5.75 Å². The van der Waals surface area contributed by atoms with Crippen LogP contribution in [0.25, 0.3) is 0 Å². The zero-order valence-electron chi connectivity index (χ0n) is 6.53. The summed E-state index contributed by atoms with van der Waals surface area (Å²) in [5.74, 6) is -1.000. The minimum atomic E-state index is -1.31. The molecular formula is C7H7BrO3S2. The van der Waals surface area contributed by atoms with Gasteiger partial charge in [0, 0.05) is 20.1 Å². The van der Waals surface area contributed by atoms with Crippen LogP contribution in [0.1, 0.15) is 4.88 Å². The molecule has 0 aromatic carbocycles. The first-order valence-electron chi connectivity index (χ1n) is 3.38. The maximum Gasteiger partial charge on any atom is 0.316 e. The summed E-state index contributed by atoms with van der Waals surface area (Å²) in [6, 6.07) is 1.86. The molecule has 1 aromatic heterocycles. The predicted octanol–water partition coefficient (Wildman–Crippen LogP) is 1.84. The van der Waals surface area contributed by atoms with Crippen molar-refractivity contribution in [2.45, 2.75) is 5.75 Å². The third kappa shape index (κ3) is 3.58. The topological polar surface area (TPSA) is 54.4 Å². The number of carbonyl (C=O) groups is 1. The van der Waals surface area contributed by atoms with Crippen molar-refractivity contribution >= 4 is 44.0 Å². The van der Waals surface area contributed by atoms with Crippen LogP contribution in [0.4, 0.5) is 0 Å². The van der Waals surface area contributed by atoms with Crippen molar-refractivity contribution in [2.75, 3.05) is 5.75 Å². The number of aliphatic carboxylic acids is 1. The van der Waals surface area contributed by atoms with Gasteiger partial charge in [0.15, 0.2) is 0 Å². The highest BCUT2D eigenvalue weighted by Gasteiger charge is 2.09. The zero-order chi connectivity index (χ0) is 9.84. The molecule has 1 unspecified atom stereocenters. The first-order valence-corrected chi connectivity index (χ1v) is 6.54. The summed E-state index contributed by atoms with van der Waals surface area (Å²) in [5.41, 5.74) is 0. The Hall–Kier alpha value is -0.200. The third-order valence-corrected chi connectivity index (χ3v) is 4.56. The molecule has 0 aliphatic heterocycles. The van der Waals surface area contributed by atoms with Crippen molar-refractivity contribution < 1.29 is 14.1 Å². The van der Waals surface area contributed by atoms with Crippen molar-refractivity contribution in [1.29, 1.82) is 0 Å². The van der Waals surface area contributed by atoms with E-state index in [1.165, 1.54) is 11.3 Å². The van der Waals surface area contributed by atoms with Gasteiger partial charge < -0.3 is 5.11 Å². The average molecular weight is 283 g/mol. The normalized spacial score (nSPS) is 12.7. The Morgan fingerprint density at radius 2 is 2.38 bits per heavy atom. The number of hydrogen-bond acceptors (Lipinski definition) is 3. The fraction of sp³-hybridized carbons (Fsp3) is 0.286. The third-order valence-electron chi connectivity index (χ3n) is 1.27. The summed E-state index contributed by atoms with van der Waals surface area (Å²) in [6.07, 6.45) is 0. The molecule has 72 valence electrons. The van der Waals surface area contributed by atoms with Gasteiger partial charge in [-0.15, -0.1) is 11.3 Å². The first kappa shape index (κ1) is 10.9. The van der Waals surface area contributed by atoms with E-state index in [0.29, 0.717) is 5.75 Å². The maximum atomic E-state index is 11.2. The Labute approximate surface area is 90.4 Å². The fourth-order valence-corrected chi connectivity index (χ4v) is 3.72. The smallest absolute Gasteiger partial charge is 0.316 e. The summed E-state index contributed by atoms with van der Waals surface area (Å²) in [5, 5.41) is 10.3. The van der Waals surface area contributed by atoms with E-state index in [9.17, 15) is 9.00 Å². The van der Waals surface area contributed by atoms with Crippen molar-refractivity contribution in [1.82, 2.24) is 0 Å². The monoisotopic (exact) mass is 282 g/mol. The molecule has 0 aliphatic carbocycles. The van der Waals surface area contributed by atoms with Gasteiger partial charge in [0.2, 0.25) is 0 Å². The molecule has 6 heteroatoms. The molecule has 1 N–H and O–H groups in total. The largest absolute Gasteiger partial charge is 0.481 e. The van der Waals surface area contributed by atoms with Gasteiger partial charge in [0.25, 0.3) is 0 Å². The van der Waals surface area contributed by atoms with Crippen LogP contribution in [0.3, 0.4) is 0 Å². The summed E-state index contributed by atoms with van der Waals surface area (Å²) >= 11 is 4.76. The molecule has 1 aromatic rings. The second-order valence-electron chi connectivity index (χ2n) is 2.31. The standard InChI is InChI=1S/C7H7BrO3S2/c8-5-1-2-12-6(5)3-13(11)4-7(9)10/h1-2H,3-4H2,(H,9,10). The SMILES string of the molecule is O=C(O)CS(=O)Cc1sccc1Br. The van der Waals surface area contributed by atoms with Crippen LogP contribution in [0.5, 0.6) is 0 Å². The minimum absolute atomic E-state index is 0.287. The highest BCUT2D eigenvalue weighted by molar-refractivity contribution is 9.10. The summed E-state index contributed by atoms with van der Waals surface area (Å²) in [7, 11) is -1.31. The van der Waals surface area contributed by atoms with Gasteiger partial charge in [-0.2, -0.15) is 0 Å². The number of thiophene rings is 1. The Morgan fingerprint density at radius 1 is 1.69 bits per heavy atom. The van der Waals surface area contributed by atoms with E-state index in [1.54, 1.807) is 0 Å². The predicted molar refractivity (Wildman–Crippen MR) is 56.4 cm³/mol. The van der Waals surface area contributed by atoms with Crippen molar-refractivity contribution in [3.05, 3.63) is 20.8 Å². The van der Waals surface area contributed by atoms with Gasteiger partial charge in [0.1, 0.15) is 5.75 Å². The summed E-state index contributed by atoms with van der Waals surface area (Å²) < 4.78 is 12.1. The van der Waals surface area contributed by atoms with E-state index >= 15 is 0 Å². The fourth-order valence-electron chi connectivity index (χ4n) is 0.763. The van der Waals surface area contributed by atoms with Gasteiger partial charge in [-0.1, -0.05) is 0 Å². The Bertz CT molecular complexity index is 334. The zero-order valence-corrected chi connectivity index (χ0v) is 9.75. The molecule has 0 spiro atoms. The molecule has 0 saturated carbocycles. The number of carboxylic acids is 1. The quantitative estimate of drug-likeness (QED) is 0.917. The second-order valence-corrected chi connectivity index (χ2v) is 5.63. The molecule has 3 nitrogen and oxygen atoms in total. The van der Waals surface area contributed by atoms with Gasteiger partial charge in [-0.05, 0) is 27.4 Å². The molecular weight excluding hydrogens is 276 g/mol. The molecule has 0 fully saturated rings. The maximum absolute atomic E-state index is 11.2. The van der Waals surface area contributed by atoms with Crippen molar-refractivity contribution in [2.24, 2.45) is 0 Å². The Balaban J connectivity index is 2.55. The number of carboxylic acid groups (broad SMARTS) is 1. The first-order chi connectivity index (χ1) is 6.09. The summed E-state index contributed by atoms with van der Waals surface area (Å²) in [6.45, 7) is 0. The van der Waals surface area contributed by atoms with E-state index in [0.717, 1.165) is 9.35 Å². The van der Waals surface area contributed by atoms with E-state index in [-0.39, 0.29) is 5.75 Å². The van der Waals surface area contributed by atoms with Gasteiger partial charge >= 0.3 is 5.97 Å². The Kier molecular flexibility index (Phi) is 4.08. The lowest BCUT2D eigenvalue weighted by Crippen LogP contribution is -2.10. The van der Waals surface area contributed by atoms with Crippen LogP contribution in [0.2, 0.25) is 0 Å². The molecule has 0 radical (unpaired) electrons. The van der Waals surface area contributed by atoms with E-state index in [2.05, 4.69) is 15.9 Å². The molecule has 0 saturated heterocycles. The molecule has 13 heavy (non-hydrogen) atoms. The highest BCUT2D eigenvalue weighted by Crippen LogP contribution is 2.23. The molecule has 0 amide bonds. The average Bonchev–Trinajstić information content (AvgIpc) is 2.34. The van der Waals surface area contributed by atoms with Gasteiger partial charge in [-0.25, -0.2) is 0 Å². The molecule has 0 aliphatic rings. The van der Waals surface area contributed by atoms with Crippen molar-refractivity contribution in [3.8, 4) is 0 Å². The number of rotatable bonds is 4. The van der Waals surface area contributed by atoms with E-state index < -0.39 is 16.8 Å². The lowest BCUT2D eigenvalue weighted by molar-refractivity contribution is -0.133. The van der Waals surface area contributed by atoms with E-state index in [4.69, 9.17) is 5.11 Å². The second kappa shape index (κ2) is 4.88. The lowest BCUT2D eigenvalue weighted by Gasteiger charge is -1.96.